The summed E-state index contributed by atoms with van der Waals surface area (Å²) in [6.07, 6.45) is 2.48. The number of hydrogen-bond acceptors (Lipinski definition) is 5. The van der Waals surface area contributed by atoms with Crippen LogP contribution in [0.5, 0.6) is 5.75 Å². The molecule has 1 amide bonds. The molecular formula is C17H25N3O2S. The van der Waals surface area contributed by atoms with Crippen LogP contribution in [0.15, 0.2) is 24.3 Å². The summed E-state index contributed by atoms with van der Waals surface area (Å²) in [6, 6.07) is 8.40. The molecule has 0 saturated carbocycles. The van der Waals surface area contributed by atoms with Crippen LogP contribution in [-0.2, 0) is 4.79 Å². The Labute approximate surface area is 142 Å². The summed E-state index contributed by atoms with van der Waals surface area (Å²) in [5.41, 5.74) is 1.24. The number of carbonyl (C=O) groups is 1. The van der Waals surface area contributed by atoms with Crippen molar-refractivity contribution in [3.63, 3.8) is 0 Å². The van der Waals surface area contributed by atoms with Crippen LogP contribution < -0.4 is 15.4 Å². The molecule has 2 aliphatic rings. The minimum absolute atomic E-state index is 0.0462. The van der Waals surface area contributed by atoms with Gasteiger partial charge in [-0.1, -0.05) is 12.1 Å². The van der Waals surface area contributed by atoms with Crippen molar-refractivity contribution in [2.45, 2.75) is 24.9 Å². The number of carbonyl (C=O) groups excluding carboxylic acids is 1. The van der Waals surface area contributed by atoms with Crippen molar-refractivity contribution in [2.75, 3.05) is 38.4 Å². The maximum absolute atomic E-state index is 12.3. The lowest BCUT2D eigenvalue weighted by Gasteiger charge is -2.28. The SMILES string of the molecule is COc1ccc([C@H](CNC(=O)[C@H]2CSCN2)N2CCCC2)cc1. The van der Waals surface area contributed by atoms with Crippen molar-refractivity contribution in [3.05, 3.63) is 29.8 Å². The number of nitrogens with zero attached hydrogens (tertiary/aromatic N) is 1. The molecule has 2 heterocycles. The molecule has 0 spiro atoms. The lowest BCUT2D eigenvalue weighted by atomic mass is 10.0. The Balaban J connectivity index is 1.66. The van der Waals surface area contributed by atoms with E-state index in [1.807, 2.05) is 12.1 Å². The molecule has 5 nitrogen and oxygen atoms in total. The van der Waals surface area contributed by atoms with Crippen molar-refractivity contribution in [1.82, 2.24) is 15.5 Å². The highest BCUT2D eigenvalue weighted by Gasteiger charge is 2.27. The van der Waals surface area contributed by atoms with E-state index in [1.165, 1.54) is 18.4 Å². The fourth-order valence-electron chi connectivity index (χ4n) is 3.22. The predicted octanol–water partition coefficient (Wildman–Crippen LogP) is 1.61. The van der Waals surface area contributed by atoms with Gasteiger partial charge in [0.15, 0.2) is 0 Å². The normalized spacial score (nSPS) is 22.9. The Morgan fingerprint density at radius 3 is 2.74 bits per heavy atom. The number of ether oxygens (including phenoxy) is 1. The Bertz CT molecular complexity index is 511. The molecule has 126 valence electrons. The molecule has 0 bridgehead atoms. The number of amides is 1. The zero-order valence-electron chi connectivity index (χ0n) is 13.6. The van der Waals surface area contributed by atoms with E-state index in [0.29, 0.717) is 6.54 Å². The predicted molar refractivity (Wildman–Crippen MR) is 93.8 cm³/mol. The summed E-state index contributed by atoms with van der Waals surface area (Å²) < 4.78 is 5.25. The van der Waals surface area contributed by atoms with Crippen LogP contribution >= 0.6 is 11.8 Å². The molecular weight excluding hydrogens is 310 g/mol. The number of nitrogens with one attached hydrogen (secondary N) is 2. The van der Waals surface area contributed by atoms with Gasteiger partial charge >= 0.3 is 0 Å². The summed E-state index contributed by atoms with van der Waals surface area (Å²) in [5.74, 6) is 2.72. The van der Waals surface area contributed by atoms with Crippen molar-refractivity contribution >= 4 is 17.7 Å². The second kappa shape index (κ2) is 8.04. The average molecular weight is 335 g/mol. The quantitative estimate of drug-likeness (QED) is 0.827. The number of benzene rings is 1. The van der Waals surface area contributed by atoms with Gasteiger partial charge in [0.1, 0.15) is 5.75 Å². The van der Waals surface area contributed by atoms with Gasteiger partial charge in [0.05, 0.1) is 19.2 Å². The first-order valence-corrected chi connectivity index (χ1v) is 9.40. The van der Waals surface area contributed by atoms with Crippen LogP contribution in [0.1, 0.15) is 24.4 Å². The number of thioether (sulfide) groups is 1. The lowest BCUT2D eigenvalue weighted by Crippen LogP contribution is -2.45. The summed E-state index contributed by atoms with van der Waals surface area (Å²) in [4.78, 5) is 14.7. The standard InChI is InChI=1S/C17H25N3O2S/c1-22-14-6-4-13(5-7-14)16(20-8-2-3-9-20)10-18-17(21)15-11-23-12-19-15/h4-7,15-16,19H,2-3,8-12H2,1H3,(H,18,21)/t15-,16+/m1/s1. The minimum Gasteiger partial charge on any atom is -0.497 e. The molecule has 3 rings (SSSR count). The van der Waals surface area contributed by atoms with E-state index in [1.54, 1.807) is 18.9 Å². The third kappa shape index (κ3) is 4.19. The fourth-order valence-corrected chi connectivity index (χ4v) is 4.16. The highest BCUT2D eigenvalue weighted by atomic mass is 32.2. The minimum atomic E-state index is -0.0462. The Kier molecular flexibility index (Phi) is 5.80. The number of methoxy groups -OCH3 is 1. The van der Waals surface area contributed by atoms with Gasteiger partial charge in [-0.3, -0.25) is 15.0 Å². The summed E-state index contributed by atoms with van der Waals surface area (Å²) in [7, 11) is 1.68. The smallest absolute Gasteiger partial charge is 0.238 e. The van der Waals surface area contributed by atoms with E-state index in [2.05, 4.69) is 27.7 Å². The van der Waals surface area contributed by atoms with E-state index in [4.69, 9.17) is 4.74 Å². The van der Waals surface area contributed by atoms with E-state index in [0.717, 1.165) is 30.5 Å². The molecule has 2 N–H and O–H groups in total. The van der Waals surface area contributed by atoms with E-state index in [-0.39, 0.29) is 18.0 Å². The van der Waals surface area contributed by atoms with Crippen LogP contribution in [0.2, 0.25) is 0 Å². The van der Waals surface area contributed by atoms with E-state index < -0.39 is 0 Å². The largest absolute Gasteiger partial charge is 0.497 e. The van der Waals surface area contributed by atoms with Gasteiger partial charge in [0.2, 0.25) is 5.91 Å². The van der Waals surface area contributed by atoms with E-state index in [9.17, 15) is 4.79 Å². The molecule has 2 saturated heterocycles. The molecule has 23 heavy (non-hydrogen) atoms. The van der Waals surface area contributed by atoms with Crippen LogP contribution in [0, 0.1) is 0 Å². The van der Waals surface area contributed by atoms with Gasteiger partial charge in [-0.05, 0) is 43.6 Å². The molecule has 2 fully saturated rings. The summed E-state index contributed by atoms with van der Waals surface area (Å²) in [5, 5.41) is 6.37. The lowest BCUT2D eigenvalue weighted by molar-refractivity contribution is -0.122. The highest BCUT2D eigenvalue weighted by Crippen LogP contribution is 2.26. The molecule has 0 radical (unpaired) electrons. The Hall–Kier alpha value is -1.24. The van der Waals surface area contributed by atoms with Gasteiger partial charge in [0.25, 0.3) is 0 Å². The van der Waals surface area contributed by atoms with Crippen molar-refractivity contribution in [1.29, 1.82) is 0 Å². The number of likely N-dealkylation sites (tertiary alicyclic amines) is 1. The van der Waals surface area contributed by atoms with Crippen molar-refractivity contribution < 1.29 is 9.53 Å². The first kappa shape index (κ1) is 16.6. The monoisotopic (exact) mass is 335 g/mol. The first-order valence-electron chi connectivity index (χ1n) is 8.25. The second-order valence-electron chi connectivity index (χ2n) is 6.05. The highest BCUT2D eigenvalue weighted by molar-refractivity contribution is 7.99. The molecule has 6 heteroatoms. The Morgan fingerprint density at radius 1 is 1.39 bits per heavy atom. The van der Waals surface area contributed by atoms with E-state index >= 15 is 0 Å². The third-order valence-corrected chi connectivity index (χ3v) is 5.52. The van der Waals surface area contributed by atoms with Crippen LogP contribution in [-0.4, -0.2) is 55.2 Å². The zero-order chi connectivity index (χ0) is 16.1. The van der Waals surface area contributed by atoms with Gasteiger partial charge < -0.3 is 10.1 Å². The number of rotatable bonds is 6. The molecule has 0 unspecified atom stereocenters. The third-order valence-electron chi connectivity index (χ3n) is 4.58. The van der Waals surface area contributed by atoms with Crippen LogP contribution in [0.4, 0.5) is 0 Å². The molecule has 2 aliphatic heterocycles. The molecule has 0 aliphatic carbocycles. The maximum Gasteiger partial charge on any atom is 0.238 e. The van der Waals surface area contributed by atoms with Crippen LogP contribution in [0.3, 0.4) is 0 Å². The van der Waals surface area contributed by atoms with Crippen molar-refractivity contribution in [3.8, 4) is 5.75 Å². The first-order chi connectivity index (χ1) is 11.3. The van der Waals surface area contributed by atoms with Gasteiger partial charge in [-0.25, -0.2) is 0 Å². The van der Waals surface area contributed by atoms with Crippen LogP contribution in [0.25, 0.3) is 0 Å². The molecule has 1 aromatic carbocycles. The summed E-state index contributed by atoms with van der Waals surface area (Å²) >= 11 is 1.77. The fraction of sp³-hybridized carbons (Fsp3) is 0.588. The Morgan fingerprint density at radius 2 is 2.13 bits per heavy atom. The topological polar surface area (TPSA) is 53.6 Å². The number of hydrogen-bond donors (Lipinski definition) is 2. The average Bonchev–Trinajstić information content (AvgIpc) is 3.29. The zero-order valence-corrected chi connectivity index (χ0v) is 14.4. The van der Waals surface area contributed by atoms with Gasteiger partial charge in [-0.2, -0.15) is 0 Å². The van der Waals surface area contributed by atoms with Crippen molar-refractivity contribution in [2.24, 2.45) is 0 Å². The molecule has 0 aromatic heterocycles. The second-order valence-corrected chi connectivity index (χ2v) is 7.08. The maximum atomic E-state index is 12.3. The van der Waals surface area contributed by atoms with Gasteiger partial charge in [-0.15, -0.1) is 11.8 Å². The summed E-state index contributed by atoms with van der Waals surface area (Å²) in [6.45, 7) is 2.86. The molecule has 2 atom stereocenters. The van der Waals surface area contributed by atoms with Gasteiger partial charge in [0, 0.05) is 18.2 Å². The molecule has 1 aromatic rings.